The number of hydrazine groups is 1. The number of nitrogens with zero attached hydrogens (tertiary/aromatic N) is 3. The molecule has 1 aromatic heterocycles. The summed E-state index contributed by atoms with van der Waals surface area (Å²) in [6.07, 6.45) is 1.72. The van der Waals surface area contributed by atoms with E-state index in [1.165, 1.54) is 0 Å². The second-order valence-corrected chi connectivity index (χ2v) is 5.05. The number of pyridine rings is 1. The van der Waals surface area contributed by atoms with Crippen molar-refractivity contribution in [3.63, 3.8) is 0 Å². The molecule has 1 aliphatic rings. The topological polar surface area (TPSA) is 74.5 Å². The van der Waals surface area contributed by atoms with Crippen molar-refractivity contribution in [2.24, 2.45) is 5.84 Å². The fourth-order valence-corrected chi connectivity index (χ4v) is 2.48. The maximum absolute atomic E-state index is 12.4. The molecule has 0 unspecified atom stereocenters. The van der Waals surface area contributed by atoms with E-state index < -0.39 is 0 Å². The minimum Gasteiger partial charge on any atom is -0.323 e. The first-order chi connectivity index (χ1) is 10.2. The molecule has 3 rings (SSSR count). The lowest BCUT2D eigenvalue weighted by atomic mass is 10.1. The van der Waals surface area contributed by atoms with E-state index in [1.807, 2.05) is 37.4 Å². The van der Waals surface area contributed by atoms with Crippen LogP contribution >= 0.6 is 0 Å². The molecule has 0 saturated carbocycles. The number of benzene rings is 1. The Morgan fingerprint density at radius 1 is 1.29 bits per heavy atom. The van der Waals surface area contributed by atoms with Gasteiger partial charge in [0.1, 0.15) is 5.82 Å². The van der Waals surface area contributed by atoms with Crippen molar-refractivity contribution in [1.82, 2.24) is 9.88 Å². The van der Waals surface area contributed by atoms with E-state index in [1.54, 1.807) is 22.1 Å². The van der Waals surface area contributed by atoms with Crippen LogP contribution in [0.5, 0.6) is 0 Å². The summed E-state index contributed by atoms with van der Waals surface area (Å²) in [6, 6.07) is 11.7. The highest BCUT2D eigenvalue weighted by Crippen LogP contribution is 2.29. The van der Waals surface area contributed by atoms with Crippen LogP contribution in [0, 0.1) is 0 Å². The largest absolute Gasteiger partial charge is 0.324 e. The molecule has 1 aliphatic heterocycles. The van der Waals surface area contributed by atoms with Crippen molar-refractivity contribution >= 4 is 17.5 Å². The molecule has 6 nitrogen and oxygen atoms in total. The number of rotatable bonds is 3. The van der Waals surface area contributed by atoms with Crippen LogP contribution in [0.2, 0.25) is 0 Å². The number of urea groups is 1. The number of nitrogens with one attached hydrogen (secondary N) is 1. The first-order valence-corrected chi connectivity index (χ1v) is 6.71. The third kappa shape index (κ3) is 2.53. The van der Waals surface area contributed by atoms with E-state index in [2.05, 4.69) is 10.4 Å². The molecular formula is C15H17N5O. The molecule has 2 aromatic rings. The number of aromatic nitrogens is 1. The first kappa shape index (κ1) is 13.4. The van der Waals surface area contributed by atoms with E-state index >= 15 is 0 Å². The molecule has 108 valence electrons. The van der Waals surface area contributed by atoms with Crippen LogP contribution in [-0.2, 0) is 13.1 Å². The maximum Gasteiger partial charge on any atom is 0.324 e. The monoisotopic (exact) mass is 283 g/mol. The highest BCUT2D eigenvalue weighted by molar-refractivity contribution is 5.94. The van der Waals surface area contributed by atoms with E-state index in [-0.39, 0.29) is 6.03 Å². The lowest BCUT2D eigenvalue weighted by Crippen LogP contribution is -2.44. The predicted octanol–water partition coefficient (Wildman–Crippen LogP) is 1.94. The summed E-state index contributed by atoms with van der Waals surface area (Å²) in [4.78, 5) is 20.1. The van der Waals surface area contributed by atoms with Gasteiger partial charge in [0.2, 0.25) is 0 Å². The van der Waals surface area contributed by atoms with Crippen molar-refractivity contribution in [1.29, 1.82) is 0 Å². The summed E-state index contributed by atoms with van der Waals surface area (Å²) < 4.78 is 0. The lowest BCUT2D eigenvalue weighted by Gasteiger charge is -2.35. The van der Waals surface area contributed by atoms with Crippen molar-refractivity contribution in [3.8, 4) is 0 Å². The van der Waals surface area contributed by atoms with Crippen molar-refractivity contribution < 1.29 is 4.79 Å². The number of carbonyl (C=O) groups excluding carboxylic acids is 1. The Balaban J connectivity index is 1.90. The molecule has 0 saturated heterocycles. The van der Waals surface area contributed by atoms with Gasteiger partial charge in [-0.25, -0.2) is 15.6 Å². The zero-order chi connectivity index (χ0) is 14.8. The highest BCUT2D eigenvalue weighted by atomic mass is 16.2. The fourth-order valence-electron chi connectivity index (χ4n) is 2.48. The van der Waals surface area contributed by atoms with Gasteiger partial charge in [0, 0.05) is 19.8 Å². The van der Waals surface area contributed by atoms with Crippen molar-refractivity contribution in [3.05, 3.63) is 53.7 Å². The molecule has 0 fully saturated rings. The van der Waals surface area contributed by atoms with Gasteiger partial charge >= 0.3 is 6.03 Å². The Labute approximate surface area is 123 Å². The molecule has 2 heterocycles. The molecule has 21 heavy (non-hydrogen) atoms. The van der Waals surface area contributed by atoms with Gasteiger partial charge in [-0.3, -0.25) is 4.90 Å². The molecule has 6 heteroatoms. The Hall–Kier alpha value is -2.60. The van der Waals surface area contributed by atoms with Gasteiger partial charge in [-0.2, -0.15) is 0 Å². The second-order valence-electron chi connectivity index (χ2n) is 5.05. The van der Waals surface area contributed by atoms with Gasteiger partial charge in [0.25, 0.3) is 0 Å². The van der Waals surface area contributed by atoms with Crippen LogP contribution in [0.3, 0.4) is 0 Å². The number of hydrogen-bond acceptors (Lipinski definition) is 4. The second kappa shape index (κ2) is 5.41. The lowest BCUT2D eigenvalue weighted by molar-refractivity contribution is 0.210. The Morgan fingerprint density at radius 3 is 2.81 bits per heavy atom. The average Bonchev–Trinajstić information content (AvgIpc) is 2.52. The maximum atomic E-state index is 12.4. The Bertz CT molecular complexity index is 655. The van der Waals surface area contributed by atoms with Crippen LogP contribution in [-0.4, -0.2) is 23.0 Å². The third-order valence-corrected chi connectivity index (χ3v) is 3.56. The zero-order valence-corrected chi connectivity index (χ0v) is 11.8. The fraction of sp³-hybridized carbons (Fsp3) is 0.200. The van der Waals surface area contributed by atoms with Gasteiger partial charge < -0.3 is 10.3 Å². The highest BCUT2D eigenvalue weighted by Gasteiger charge is 2.27. The number of carbonyl (C=O) groups is 1. The summed E-state index contributed by atoms with van der Waals surface area (Å²) in [5.74, 6) is 5.90. The van der Waals surface area contributed by atoms with Gasteiger partial charge in [-0.1, -0.05) is 24.3 Å². The number of amides is 2. The summed E-state index contributed by atoms with van der Waals surface area (Å²) in [6.45, 7) is 1.12. The number of nitrogens with two attached hydrogens (primary N) is 1. The Morgan fingerprint density at radius 2 is 2.10 bits per heavy atom. The molecule has 1 aromatic carbocycles. The Kier molecular flexibility index (Phi) is 3.45. The summed E-state index contributed by atoms with van der Waals surface area (Å²) in [7, 11) is 1.81. The van der Waals surface area contributed by atoms with Gasteiger partial charge in [0.15, 0.2) is 0 Å². The third-order valence-electron chi connectivity index (χ3n) is 3.56. The molecule has 0 bridgehead atoms. The van der Waals surface area contributed by atoms with Crippen LogP contribution < -0.4 is 16.2 Å². The molecule has 3 N–H and O–H groups in total. The van der Waals surface area contributed by atoms with Crippen LogP contribution in [0.1, 0.15) is 11.1 Å². The van der Waals surface area contributed by atoms with Gasteiger partial charge in [-0.15, -0.1) is 0 Å². The van der Waals surface area contributed by atoms with E-state index in [4.69, 9.17) is 5.84 Å². The van der Waals surface area contributed by atoms with Crippen LogP contribution in [0.25, 0.3) is 0 Å². The molecule has 0 aliphatic carbocycles. The van der Waals surface area contributed by atoms with Crippen LogP contribution in [0.15, 0.2) is 42.6 Å². The number of anilines is 2. The first-order valence-electron chi connectivity index (χ1n) is 6.71. The van der Waals surface area contributed by atoms with Crippen molar-refractivity contribution in [2.75, 3.05) is 17.4 Å². The molecular weight excluding hydrogens is 266 g/mol. The number of hydrogen-bond donors (Lipinski definition) is 2. The normalized spacial score (nSPS) is 14.1. The van der Waals surface area contributed by atoms with Gasteiger partial charge in [-0.05, 0) is 23.3 Å². The molecule has 0 radical (unpaired) electrons. The summed E-state index contributed by atoms with van der Waals surface area (Å²) in [5.41, 5.74) is 5.55. The minimum atomic E-state index is -0.00488. The zero-order valence-electron chi connectivity index (χ0n) is 11.8. The number of para-hydroxylation sites is 1. The minimum absolute atomic E-state index is 0.00488. The summed E-state index contributed by atoms with van der Waals surface area (Å²) in [5, 5.41) is 0. The SMILES string of the molecule is CN1Cc2ccccc2N(Cc2ccc(NN)nc2)C1=O. The van der Waals surface area contributed by atoms with E-state index in [0.717, 1.165) is 16.8 Å². The average molecular weight is 283 g/mol. The molecule has 2 amide bonds. The number of fused-ring (bicyclic) bond motifs is 1. The predicted molar refractivity (Wildman–Crippen MR) is 81.5 cm³/mol. The molecule has 0 spiro atoms. The summed E-state index contributed by atoms with van der Waals surface area (Å²) >= 11 is 0. The van der Waals surface area contributed by atoms with E-state index in [9.17, 15) is 4.79 Å². The smallest absolute Gasteiger partial charge is 0.323 e. The molecule has 0 atom stereocenters. The quantitative estimate of drug-likeness (QED) is 0.667. The van der Waals surface area contributed by atoms with Crippen molar-refractivity contribution in [2.45, 2.75) is 13.1 Å². The van der Waals surface area contributed by atoms with E-state index in [0.29, 0.717) is 18.9 Å². The van der Waals surface area contributed by atoms with Gasteiger partial charge in [0.05, 0.1) is 12.2 Å². The van der Waals surface area contributed by atoms with Crippen LogP contribution in [0.4, 0.5) is 16.3 Å². The standard InChI is InChI=1S/C15H17N5O/c1-19-10-12-4-2-3-5-13(12)20(15(19)21)9-11-6-7-14(18-16)17-8-11/h2-8H,9-10,16H2,1H3,(H,17,18). The number of nitrogen functional groups attached to an aromatic ring is 1.